The van der Waals surface area contributed by atoms with E-state index in [0.717, 1.165) is 18.4 Å². The zero-order valence-corrected chi connectivity index (χ0v) is 15.9. The smallest absolute Gasteiger partial charge is 0.290 e. The van der Waals surface area contributed by atoms with Gasteiger partial charge in [-0.1, -0.05) is 11.8 Å². The summed E-state index contributed by atoms with van der Waals surface area (Å²) in [7, 11) is 3.17. The maximum absolute atomic E-state index is 12.9. The van der Waals surface area contributed by atoms with Crippen LogP contribution >= 0.6 is 11.8 Å². The topological polar surface area (TPSA) is 51.9 Å². The first kappa shape index (κ1) is 19.5. The Labute approximate surface area is 160 Å². The molecule has 1 aliphatic heterocycles. The number of carbonyl (C=O) groups excluding carboxylic acids is 1. The Bertz CT molecular complexity index is 796. The molecule has 3 rings (SSSR count). The molecule has 8 heteroatoms. The molecule has 0 N–H and O–H groups in total. The monoisotopic (exact) mass is 397 g/mol. The standard InChI is InChI=1S/C19H21F2NO4S/c1-24-12-5-7-14(17(10-12)25-2)15-4-3-9-22(15)18(23)16-8-6-13(26-16)11-27-19(20)21/h5-8,10,15,19H,3-4,9,11H2,1-2H3/t15-/m1/s1. The lowest BCUT2D eigenvalue weighted by Gasteiger charge is -2.25. The first-order valence-corrected chi connectivity index (χ1v) is 9.59. The normalized spacial score (nSPS) is 16.8. The zero-order valence-electron chi connectivity index (χ0n) is 15.1. The van der Waals surface area contributed by atoms with Crippen molar-refractivity contribution >= 4 is 17.7 Å². The van der Waals surface area contributed by atoms with Crippen molar-refractivity contribution < 1.29 is 27.5 Å². The molecule has 5 nitrogen and oxygen atoms in total. The lowest BCUT2D eigenvalue weighted by molar-refractivity contribution is 0.0700. The molecule has 1 amide bonds. The molecule has 27 heavy (non-hydrogen) atoms. The zero-order chi connectivity index (χ0) is 19.4. The van der Waals surface area contributed by atoms with Crippen LogP contribution in [-0.4, -0.2) is 37.3 Å². The molecule has 1 aromatic carbocycles. The molecule has 1 aromatic heterocycles. The minimum atomic E-state index is -2.47. The van der Waals surface area contributed by atoms with Crippen LogP contribution in [0.25, 0.3) is 0 Å². The largest absolute Gasteiger partial charge is 0.497 e. The highest BCUT2D eigenvalue weighted by atomic mass is 32.2. The Morgan fingerprint density at radius 3 is 2.81 bits per heavy atom. The van der Waals surface area contributed by atoms with E-state index in [1.807, 2.05) is 12.1 Å². The molecule has 1 aliphatic rings. The summed E-state index contributed by atoms with van der Waals surface area (Å²) in [5.74, 6) is -0.823. The van der Waals surface area contributed by atoms with Crippen molar-refractivity contribution in [1.82, 2.24) is 4.90 Å². The number of methoxy groups -OCH3 is 2. The predicted octanol–water partition coefficient (Wildman–Crippen LogP) is 4.73. The van der Waals surface area contributed by atoms with Gasteiger partial charge >= 0.3 is 0 Å². The van der Waals surface area contributed by atoms with E-state index in [0.29, 0.717) is 35.6 Å². The molecule has 2 aromatic rings. The summed E-state index contributed by atoms with van der Waals surface area (Å²) in [6.45, 7) is 0.598. The van der Waals surface area contributed by atoms with Gasteiger partial charge in [0, 0.05) is 18.2 Å². The number of amides is 1. The minimum absolute atomic E-state index is 0.0285. The first-order valence-electron chi connectivity index (χ1n) is 8.55. The fraction of sp³-hybridized carbons (Fsp3) is 0.421. The second kappa shape index (κ2) is 8.65. The van der Waals surface area contributed by atoms with E-state index in [9.17, 15) is 13.6 Å². The highest BCUT2D eigenvalue weighted by Crippen LogP contribution is 2.39. The number of rotatable bonds is 7. The van der Waals surface area contributed by atoms with Crippen LogP contribution in [-0.2, 0) is 5.75 Å². The number of benzene rings is 1. The van der Waals surface area contributed by atoms with Gasteiger partial charge in [0.05, 0.1) is 26.0 Å². The number of ether oxygens (including phenoxy) is 2. The van der Waals surface area contributed by atoms with Crippen molar-refractivity contribution in [3.8, 4) is 11.5 Å². The number of hydrogen-bond donors (Lipinski definition) is 0. The maximum atomic E-state index is 12.9. The van der Waals surface area contributed by atoms with Crippen molar-refractivity contribution in [2.45, 2.75) is 30.4 Å². The number of likely N-dealkylation sites (tertiary alicyclic amines) is 1. The van der Waals surface area contributed by atoms with E-state index in [4.69, 9.17) is 13.9 Å². The molecule has 2 heterocycles. The third-order valence-corrected chi connectivity index (χ3v) is 5.24. The number of carbonyl (C=O) groups is 1. The molecule has 0 radical (unpaired) electrons. The fourth-order valence-electron chi connectivity index (χ4n) is 3.28. The van der Waals surface area contributed by atoms with Crippen LogP contribution in [0, 0.1) is 0 Å². The van der Waals surface area contributed by atoms with Crippen molar-refractivity contribution in [2.24, 2.45) is 0 Å². The van der Waals surface area contributed by atoms with Crippen LogP contribution in [0.5, 0.6) is 11.5 Å². The van der Waals surface area contributed by atoms with Gasteiger partial charge in [-0.25, -0.2) is 0 Å². The van der Waals surface area contributed by atoms with Gasteiger partial charge in [0.25, 0.3) is 11.7 Å². The molecule has 1 saturated heterocycles. The molecule has 1 fully saturated rings. The van der Waals surface area contributed by atoms with Gasteiger partial charge in [0.1, 0.15) is 17.3 Å². The van der Waals surface area contributed by atoms with Crippen LogP contribution in [0.4, 0.5) is 8.78 Å². The van der Waals surface area contributed by atoms with Gasteiger partial charge in [0.2, 0.25) is 0 Å². The number of nitrogens with zero attached hydrogens (tertiary/aromatic N) is 1. The molecular weight excluding hydrogens is 376 g/mol. The number of halogens is 2. The Morgan fingerprint density at radius 2 is 2.11 bits per heavy atom. The summed E-state index contributed by atoms with van der Waals surface area (Å²) < 4.78 is 40.8. The van der Waals surface area contributed by atoms with E-state index in [-0.39, 0.29) is 23.5 Å². The van der Waals surface area contributed by atoms with Gasteiger partial charge in [-0.05, 0) is 37.1 Å². The maximum Gasteiger partial charge on any atom is 0.290 e. The third-order valence-electron chi connectivity index (χ3n) is 4.54. The molecule has 1 atom stereocenters. The van der Waals surface area contributed by atoms with Gasteiger partial charge < -0.3 is 18.8 Å². The van der Waals surface area contributed by atoms with Crippen LogP contribution in [0.2, 0.25) is 0 Å². The van der Waals surface area contributed by atoms with Gasteiger partial charge in [-0.15, -0.1) is 0 Å². The van der Waals surface area contributed by atoms with E-state index >= 15 is 0 Å². The Kier molecular flexibility index (Phi) is 6.26. The second-order valence-corrected chi connectivity index (χ2v) is 7.08. The van der Waals surface area contributed by atoms with Gasteiger partial charge in [-0.2, -0.15) is 8.78 Å². The first-order chi connectivity index (χ1) is 13.0. The molecular formula is C19H21F2NO4S. The summed E-state index contributed by atoms with van der Waals surface area (Å²) in [5.41, 5.74) is 0.907. The summed E-state index contributed by atoms with van der Waals surface area (Å²) in [6.07, 6.45) is 1.67. The molecule has 0 spiro atoms. The lowest BCUT2D eigenvalue weighted by atomic mass is 10.0. The van der Waals surface area contributed by atoms with E-state index in [2.05, 4.69) is 0 Å². The number of hydrogen-bond acceptors (Lipinski definition) is 5. The van der Waals surface area contributed by atoms with Crippen molar-refractivity contribution in [3.63, 3.8) is 0 Å². The summed E-state index contributed by atoms with van der Waals surface area (Å²) in [5, 5.41) is 0. The quantitative estimate of drug-likeness (QED) is 0.676. The molecule has 0 bridgehead atoms. The summed E-state index contributed by atoms with van der Waals surface area (Å²) >= 11 is 0.467. The number of alkyl halides is 2. The van der Waals surface area contributed by atoms with Crippen LogP contribution in [0.15, 0.2) is 34.7 Å². The lowest BCUT2D eigenvalue weighted by Crippen LogP contribution is -2.30. The van der Waals surface area contributed by atoms with Crippen molar-refractivity contribution in [3.05, 3.63) is 47.4 Å². The molecule has 0 unspecified atom stereocenters. The molecule has 0 saturated carbocycles. The highest BCUT2D eigenvalue weighted by Gasteiger charge is 2.33. The van der Waals surface area contributed by atoms with E-state index < -0.39 is 5.76 Å². The Balaban J connectivity index is 1.79. The molecule has 146 valence electrons. The molecule has 0 aliphatic carbocycles. The minimum Gasteiger partial charge on any atom is -0.497 e. The summed E-state index contributed by atoms with van der Waals surface area (Å²) in [4.78, 5) is 14.7. The predicted molar refractivity (Wildman–Crippen MR) is 98.6 cm³/mol. The van der Waals surface area contributed by atoms with E-state index in [1.165, 1.54) is 0 Å². The average Bonchev–Trinajstić information content (AvgIpc) is 3.34. The number of thioether (sulfide) groups is 1. The van der Waals surface area contributed by atoms with Crippen LogP contribution < -0.4 is 9.47 Å². The van der Waals surface area contributed by atoms with Crippen LogP contribution in [0.1, 0.15) is 40.8 Å². The van der Waals surface area contributed by atoms with Crippen LogP contribution in [0.3, 0.4) is 0 Å². The van der Waals surface area contributed by atoms with Crippen molar-refractivity contribution in [1.29, 1.82) is 0 Å². The Hall–Kier alpha value is -2.22. The number of furan rings is 1. The van der Waals surface area contributed by atoms with Crippen molar-refractivity contribution in [2.75, 3.05) is 20.8 Å². The highest BCUT2D eigenvalue weighted by molar-refractivity contribution is 7.98. The summed E-state index contributed by atoms with van der Waals surface area (Å²) in [6, 6.07) is 8.52. The van der Waals surface area contributed by atoms with E-state index in [1.54, 1.807) is 37.3 Å². The SMILES string of the molecule is COc1ccc([C@H]2CCCN2C(=O)c2ccc(CSC(F)F)o2)c(OC)c1. The average molecular weight is 397 g/mol. The van der Waals surface area contributed by atoms with Gasteiger partial charge in [-0.3, -0.25) is 4.79 Å². The second-order valence-electron chi connectivity index (χ2n) is 6.10. The third kappa shape index (κ3) is 4.37. The fourth-order valence-corrected chi connectivity index (χ4v) is 3.73. The Morgan fingerprint density at radius 1 is 1.30 bits per heavy atom. The van der Waals surface area contributed by atoms with Gasteiger partial charge in [0.15, 0.2) is 5.76 Å².